The Morgan fingerprint density at radius 2 is 1.33 bits per heavy atom. The van der Waals surface area contributed by atoms with Crippen LogP contribution in [0.25, 0.3) is 81.0 Å². The first-order chi connectivity index (χ1) is 19.3. The van der Waals surface area contributed by atoms with E-state index in [0.29, 0.717) is 0 Å². The third kappa shape index (κ3) is 2.95. The number of aromatic nitrogens is 2. The highest BCUT2D eigenvalue weighted by atomic mass is 32.1. The highest BCUT2D eigenvalue weighted by Gasteiger charge is 2.21. The predicted molar refractivity (Wildman–Crippen MR) is 164 cm³/mol. The summed E-state index contributed by atoms with van der Waals surface area (Å²) in [5.74, 6) is 0. The molecule has 0 aliphatic rings. The molecular weight excluding hydrogens is 496 g/mol. The molecule has 0 N–H and O–H groups in total. The summed E-state index contributed by atoms with van der Waals surface area (Å²) in [6.07, 6.45) is 0. The van der Waals surface area contributed by atoms with Gasteiger partial charge in [-0.05, 0) is 46.7 Å². The van der Waals surface area contributed by atoms with Gasteiger partial charge in [0.1, 0.15) is 11.2 Å². The van der Waals surface area contributed by atoms with E-state index in [1.54, 1.807) is 11.3 Å². The van der Waals surface area contributed by atoms with Crippen molar-refractivity contribution >= 4 is 76.1 Å². The SMILES string of the molecule is c1ccc(-c2cc3nc(-n4c5ccccc5c5cc6ccccc6cc54)sc3c3c2oc2ccccc23)cc1. The molecule has 3 heterocycles. The Morgan fingerprint density at radius 1 is 0.615 bits per heavy atom. The summed E-state index contributed by atoms with van der Waals surface area (Å²) in [4.78, 5) is 5.30. The van der Waals surface area contributed by atoms with Gasteiger partial charge in [0.05, 0.1) is 21.3 Å². The zero-order valence-corrected chi connectivity index (χ0v) is 21.6. The van der Waals surface area contributed by atoms with Gasteiger partial charge in [0.25, 0.3) is 0 Å². The number of furan rings is 1. The normalized spacial score (nSPS) is 12.1. The second-order valence-corrected chi connectivity index (χ2v) is 11.0. The summed E-state index contributed by atoms with van der Waals surface area (Å²) < 4.78 is 9.99. The average molecular weight is 517 g/mol. The molecule has 0 saturated heterocycles. The van der Waals surface area contributed by atoms with Crippen LogP contribution in [0, 0.1) is 0 Å². The molecule has 0 aliphatic carbocycles. The lowest BCUT2D eigenvalue weighted by molar-refractivity contribution is 0.670. The Hall–Kier alpha value is -4.93. The van der Waals surface area contributed by atoms with Gasteiger partial charge in [-0.2, -0.15) is 0 Å². The van der Waals surface area contributed by atoms with Crippen LogP contribution in [0.3, 0.4) is 0 Å². The van der Waals surface area contributed by atoms with Crippen LogP contribution in [0.2, 0.25) is 0 Å². The monoisotopic (exact) mass is 516 g/mol. The fourth-order valence-corrected chi connectivity index (χ4v) is 7.18. The topological polar surface area (TPSA) is 31.0 Å². The molecule has 0 atom stereocenters. The highest BCUT2D eigenvalue weighted by Crippen LogP contribution is 2.44. The van der Waals surface area contributed by atoms with Gasteiger partial charge in [0.15, 0.2) is 5.13 Å². The van der Waals surface area contributed by atoms with E-state index in [1.807, 2.05) is 12.1 Å². The maximum atomic E-state index is 6.51. The maximum absolute atomic E-state index is 6.51. The second kappa shape index (κ2) is 7.79. The van der Waals surface area contributed by atoms with Crippen LogP contribution in [0.5, 0.6) is 0 Å². The van der Waals surface area contributed by atoms with Crippen molar-refractivity contribution in [3.8, 4) is 16.3 Å². The van der Waals surface area contributed by atoms with Crippen LogP contribution in [0.15, 0.2) is 126 Å². The van der Waals surface area contributed by atoms with Crippen molar-refractivity contribution in [2.24, 2.45) is 0 Å². The summed E-state index contributed by atoms with van der Waals surface area (Å²) in [6.45, 7) is 0. The molecule has 0 bridgehead atoms. The van der Waals surface area contributed by atoms with E-state index < -0.39 is 0 Å². The molecule has 9 aromatic rings. The standard InChI is InChI=1S/C35H20N2OS/c1-2-10-21(11-3-1)26-20-28-34(32-25-15-7-9-17-31(25)38-33(26)32)39-35(36-28)37-29-16-8-6-14-24(29)27-18-22-12-4-5-13-23(22)19-30(27)37/h1-20H. The van der Waals surface area contributed by atoms with Crippen molar-refractivity contribution < 1.29 is 4.42 Å². The predicted octanol–water partition coefficient (Wildman–Crippen LogP) is 10.1. The number of rotatable bonds is 2. The quantitative estimate of drug-likeness (QED) is 0.229. The highest BCUT2D eigenvalue weighted by molar-refractivity contribution is 7.22. The molecule has 9 rings (SSSR count). The van der Waals surface area contributed by atoms with E-state index in [4.69, 9.17) is 9.40 Å². The molecule has 0 spiro atoms. The van der Waals surface area contributed by atoms with E-state index in [1.165, 1.54) is 32.6 Å². The van der Waals surface area contributed by atoms with E-state index in [2.05, 4.69) is 114 Å². The first-order valence-corrected chi connectivity index (χ1v) is 13.9. The second-order valence-electron chi connectivity index (χ2n) is 10.0. The van der Waals surface area contributed by atoms with Crippen molar-refractivity contribution in [1.29, 1.82) is 0 Å². The molecule has 0 saturated carbocycles. The summed E-state index contributed by atoms with van der Waals surface area (Å²) in [6, 6.07) is 42.8. The number of nitrogens with zero attached hydrogens (tertiary/aromatic N) is 2. The lowest BCUT2D eigenvalue weighted by atomic mass is 10.0. The van der Waals surface area contributed by atoms with Crippen LogP contribution in [-0.2, 0) is 0 Å². The molecule has 3 nitrogen and oxygen atoms in total. The molecule has 6 aromatic carbocycles. The fourth-order valence-electron chi connectivity index (χ4n) is 6.05. The minimum atomic E-state index is 0.899. The molecular formula is C35H20N2OS. The van der Waals surface area contributed by atoms with Gasteiger partial charge in [0, 0.05) is 27.1 Å². The van der Waals surface area contributed by atoms with E-state index in [0.717, 1.165) is 48.4 Å². The van der Waals surface area contributed by atoms with Crippen LogP contribution in [0.1, 0.15) is 0 Å². The Balaban J connectivity index is 1.43. The van der Waals surface area contributed by atoms with Crippen LogP contribution in [0.4, 0.5) is 0 Å². The van der Waals surface area contributed by atoms with Crippen molar-refractivity contribution in [2.45, 2.75) is 0 Å². The Labute approximate surface area is 227 Å². The van der Waals surface area contributed by atoms with E-state index >= 15 is 0 Å². The summed E-state index contributed by atoms with van der Waals surface area (Å²) in [5, 5.41) is 8.17. The first kappa shape index (κ1) is 21.1. The molecule has 4 heteroatoms. The van der Waals surface area contributed by atoms with Crippen molar-refractivity contribution in [3.05, 3.63) is 121 Å². The van der Waals surface area contributed by atoms with Crippen molar-refractivity contribution in [2.75, 3.05) is 0 Å². The van der Waals surface area contributed by atoms with Gasteiger partial charge in [-0.3, -0.25) is 4.57 Å². The Kier molecular flexibility index (Phi) is 4.21. The molecule has 0 amide bonds. The lowest BCUT2D eigenvalue weighted by Gasteiger charge is -2.04. The van der Waals surface area contributed by atoms with Crippen LogP contribution in [-0.4, -0.2) is 9.55 Å². The summed E-state index contributed by atoms with van der Waals surface area (Å²) >= 11 is 1.73. The van der Waals surface area contributed by atoms with E-state index in [9.17, 15) is 0 Å². The lowest BCUT2D eigenvalue weighted by Crippen LogP contribution is -1.92. The first-order valence-electron chi connectivity index (χ1n) is 13.1. The molecule has 3 aromatic heterocycles. The number of fused-ring (bicyclic) bond motifs is 9. The third-order valence-electron chi connectivity index (χ3n) is 7.81. The molecule has 0 radical (unpaired) electrons. The number of hydrogen-bond acceptors (Lipinski definition) is 3. The minimum absolute atomic E-state index is 0.899. The molecule has 0 unspecified atom stereocenters. The zero-order valence-electron chi connectivity index (χ0n) is 20.8. The smallest absolute Gasteiger partial charge is 0.195 e. The summed E-state index contributed by atoms with van der Waals surface area (Å²) in [5.41, 5.74) is 7.33. The fraction of sp³-hybridized carbons (Fsp3) is 0. The van der Waals surface area contributed by atoms with Crippen LogP contribution >= 0.6 is 11.3 Å². The summed E-state index contributed by atoms with van der Waals surface area (Å²) in [7, 11) is 0. The minimum Gasteiger partial charge on any atom is -0.455 e. The van der Waals surface area contributed by atoms with Crippen molar-refractivity contribution in [3.63, 3.8) is 0 Å². The molecule has 182 valence electrons. The van der Waals surface area contributed by atoms with Gasteiger partial charge in [-0.1, -0.05) is 102 Å². The van der Waals surface area contributed by atoms with Gasteiger partial charge < -0.3 is 4.42 Å². The number of benzene rings is 6. The third-order valence-corrected chi connectivity index (χ3v) is 8.88. The number of para-hydroxylation sites is 2. The molecule has 0 aliphatic heterocycles. The van der Waals surface area contributed by atoms with Gasteiger partial charge in [-0.15, -0.1) is 0 Å². The molecule has 39 heavy (non-hydrogen) atoms. The zero-order chi connectivity index (χ0) is 25.5. The van der Waals surface area contributed by atoms with Crippen LogP contribution < -0.4 is 0 Å². The van der Waals surface area contributed by atoms with Gasteiger partial charge in [-0.25, -0.2) is 4.98 Å². The van der Waals surface area contributed by atoms with Crippen molar-refractivity contribution in [1.82, 2.24) is 9.55 Å². The number of thiazole rings is 1. The van der Waals surface area contributed by atoms with Gasteiger partial charge in [0.2, 0.25) is 0 Å². The number of hydrogen-bond donors (Lipinski definition) is 0. The van der Waals surface area contributed by atoms with E-state index in [-0.39, 0.29) is 0 Å². The van der Waals surface area contributed by atoms with Gasteiger partial charge >= 0.3 is 0 Å². The molecule has 0 fully saturated rings. The largest absolute Gasteiger partial charge is 0.455 e. The average Bonchev–Trinajstić information content (AvgIpc) is 3.67. The maximum Gasteiger partial charge on any atom is 0.195 e. The Bertz CT molecular complexity index is 2390. The Morgan fingerprint density at radius 3 is 2.21 bits per heavy atom.